The largest absolute Gasteiger partial charge is 0.332 e. The van der Waals surface area contributed by atoms with Crippen molar-refractivity contribution in [2.45, 2.75) is 19.4 Å². The zero-order chi connectivity index (χ0) is 11.5. The van der Waals surface area contributed by atoms with Crippen molar-refractivity contribution in [3.05, 3.63) is 20.8 Å². The second-order valence-electron chi connectivity index (χ2n) is 3.91. The lowest BCUT2D eigenvalue weighted by atomic mass is 10.1. The highest BCUT2D eigenvalue weighted by Gasteiger charge is 2.29. The van der Waals surface area contributed by atoms with Gasteiger partial charge in [-0.05, 0) is 33.8 Å². The summed E-state index contributed by atoms with van der Waals surface area (Å²) in [5, 5.41) is 5.16. The fourth-order valence-electron chi connectivity index (χ4n) is 1.76. The molecule has 0 bridgehead atoms. The van der Waals surface area contributed by atoms with E-state index in [0.717, 1.165) is 35.4 Å². The highest BCUT2D eigenvalue weighted by Crippen LogP contribution is 2.25. The van der Waals surface area contributed by atoms with E-state index < -0.39 is 0 Å². The predicted octanol–water partition coefficient (Wildman–Crippen LogP) is 2.33. The van der Waals surface area contributed by atoms with Crippen molar-refractivity contribution < 1.29 is 4.79 Å². The fraction of sp³-hybridized carbons (Fsp3) is 0.545. The van der Waals surface area contributed by atoms with Gasteiger partial charge in [-0.25, -0.2) is 0 Å². The van der Waals surface area contributed by atoms with Gasteiger partial charge >= 0.3 is 0 Å². The zero-order valence-corrected chi connectivity index (χ0v) is 11.6. The van der Waals surface area contributed by atoms with Crippen LogP contribution in [0.15, 0.2) is 15.9 Å². The zero-order valence-electron chi connectivity index (χ0n) is 9.20. The van der Waals surface area contributed by atoms with E-state index in [1.807, 2.05) is 16.3 Å². The molecule has 5 heteroatoms. The van der Waals surface area contributed by atoms with Crippen LogP contribution in [0.1, 0.15) is 23.0 Å². The minimum atomic E-state index is 0.162. The van der Waals surface area contributed by atoms with Crippen LogP contribution >= 0.6 is 27.3 Å². The quantitative estimate of drug-likeness (QED) is 0.926. The van der Waals surface area contributed by atoms with Crippen LogP contribution in [0.3, 0.4) is 0 Å². The minimum absolute atomic E-state index is 0.162. The van der Waals surface area contributed by atoms with Gasteiger partial charge in [0.25, 0.3) is 5.91 Å². The first-order valence-electron chi connectivity index (χ1n) is 5.48. The molecule has 1 aromatic rings. The van der Waals surface area contributed by atoms with Crippen LogP contribution in [0.4, 0.5) is 0 Å². The molecule has 0 unspecified atom stereocenters. The molecule has 0 aliphatic carbocycles. The van der Waals surface area contributed by atoms with E-state index in [4.69, 9.17) is 0 Å². The molecule has 1 amide bonds. The summed E-state index contributed by atoms with van der Waals surface area (Å²) in [6.45, 7) is 4.80. The molecule has 0 atom stereocenters. The summed E-state index contributed by atoms with van der Waals surface area (Å²) in [6.07, 6.45) is 1.01. The van der Waals surface area contributed by atoms with Crippen LogP contribution in [0.25, 0.3) is 0 Å². The number of amides is 1. The van der Waals surface area contributed by atoms with E-state index in [-0.39, 0.29) is 5.91 Å². The summed E-state index contributed by atoms with van der Waals surface area (Å²) in [7, 11) is 0. The second-order valence-corrected chi connectivity index (χ2v) is 5.68. The molecule has 1 fully saturated rings. The average molecular weight is 303 g/mol. The summed E-state index contributed by atoms with van der Waals surface area (Å²) in [5.41, 5.74) is 0. The van der Waals surface area contributed by atoms with Gasteiger partial charge in [0.15, 0.2) is 0 Å². The lowest BCUT2D eigenvalue weighted by Crippen LogP contribution is -2.59. The number of rotatable bonds is 4. The van der Waals surface area contributed by atoms with Crippen molar-refractivity contribution in [2.24, 2.45) is 0 Å². The highest BCUT2D eigenvalue weighted by atomic mass is 79.9. The van der Waals surface area contributed by atoms with Gasteiger partial charge in [0, 0.05) is 24.1 Å². The maximum atomic E-state index is 12.3. The molecule has 2 heterocycles. The smallest absolute Gasteiger partial charge is 0.265 e. The Bertz CT molecular complexity index is 376. The third-order valence-corrected chi connectivity index (χ3v) is 4.56. The van der Waals surface area contributed by atoms with Crippen molar-refractivity contribution in [1.29, 1.82) is 0 Å². The Labute approximate surface area is 108 Å². The summed E-state index contributed by atoms with van der Waals surface area (Å²) in [5.74, 6) is 0.162. The maximum Gasteiger partial charge on any atom is 0.265 e. The molecule has 0 aromatic carbocycles. The van der Waals surface area contributed by atoms with Crippen molar-refractivity contribution in [3.63, 3.8) is 0 Å². The third-order valence-electron chi connectivity index (χ3n) is 2.74. The maximum absolute atomic E-state index is 12.3. The van der Waals surface area contributed by atoms with Gasteiger partial charge in [-0.15, -0.1) is 11.3 Å². The summed E-state index contributed by atoms with van der Waals surface area (Å²) in [6, 6.07) is 2.31. The van der Waals surface area contributed by atoms with Gasteiger partial charge in [-0.2, -0.15) is 0 Å². The van der Waals surface area contributed by atoms with E-state index in [2.05, 4.69) is 28.2 Å². The molecule has 1 aliphatic rings. The van der Waals surface area contributed by atoms with E-state index in [1.54, 1.807) is 0 Å². The average Bonchev–Trinajstić information content (AvgIpc) is 2.60. The SMILES string of the molecule is CCCN(C(=O)c1sccc1Br)C1CNC1. The van der Waals surface area contributed by atoms with E-state index in [1.165, 1.54) is 11.3 Å². The lowest BCUT2D eigenvalue weighted by molar-refractivity contribution is 0.0620. The molecule has 16 heavy (non-hydrogen) atoms. The number of carbonyl (C=O) groups is 1. The molecule has 1 N–H and O–H groups in total. The van der Waals surface area contributed by atoms with E-state index >= 15 is 0 Å². The minimum Gasteiger partial charge on any atom is -0.332 e. The Balaban J connectivity index is 2.13. The topological polar surface area (TPSA) is 32.3 Å². The van der Waals surface area contributed by atoms with Crippen molar-refractivity contribution >= 4 is 33.2 Å². The van der Waals surface area contributed by atoms with Crippen LogP contribution in [0.5, 0.6) is 0 Å². The Hall–Kier alpha value is -0.390. The third kappa shape index (κ3) is 2.31. The normalized spacial score (nSPS) is 15.9. The summed E-state index contributed by atoms with van der Waals surface area (Å²) < 4.78 is 0.913. The van der Waals surface area contributed by atoms with Gasteiger partial charge in [0.2, 0.25) is 0 Å². The van der Waals surface area contributed by atoms with E-state index in [0.29, 0.717) is 6.04 Å². The Morgan fingerprint density at radius 1 is 1.69 bits per heavy atom. The Morgan fingerprint density at radius 3 is 2.88 bits per heavy atom. The van der Waals surface area contributed by atoms with Crippen LogP contribution in [-0.2, 0) is 0 Å². The molecular weight excluding hydrogens is 288 g/mol. The molecule has 3 nitrogen and oxygen atoms in total. The number of thiophene rings is 1. The molecule has 1 aromatic heterocycles. The Kier molecular flexibility index (Phi) is 4.00. The fourth-order valence-corrected chi connectivity index (χ4v) is 3.26. The van der Waals surface area contributed by atoms with Crippen LogP contribution in [0.2, 0.25) is 0 Å². The van der Waals surface area contributed by atoms with Gasteiger partial charge in [-0.3, -0.25) is 4.79 Å². The Morgan fingerprint density at radius 2 is 2.44 bits per heavy atom. The van der Waals surface area contributed by atoms with Gasteiger partial charge in [0.05, 0.1) is 6.04 Å². The first-order chi connectivity index (χ1) is 7.74. The standard InChI is InChI=1S/C11H15BrN2OS/c1-2-4-14(8-6-13-7-8)11(15)10-9(12)3-5-16-10/h3,5,8,13H,2,4,6-7H2,1H3. The molecule has 1 aliphatic heterocycles. The molecule has 0 spiro atoms. The van der Waals surface area contributed by atoms with Gasteiger partial charge < -0.3 is 10.2 Å². The van der Waals surface area contributed by atoms with Crippen molar-refractivity contribution in [2.75, 3.05) is 19.6 Å². The molecule has 0 saturated carbocycles. The highest BCUT2D eigenvalue weighted by molar-refractivity contribution is 9.10. The molecular formula is C11H15BrN2OS. The van der Waals surface area contributed by atoms with Gasteiger partial charge in [-0.1, -0.05) is 6.92 Å². The number of carbonyl (C=O) groups excluding carboxylic acids is 1. The van der Waals surface area contributed by atoms with Gasteiger partial charge in [0.1, 0.15) is 4.88 Å². The monoisotopic (exact) mass is 302 g/mol. The van der Waals surface area contributed by atoms with Crippen LogP contribution in [-0.4, -0.2) is 36.5 Å². The summed E-state index contributed by atoms with van der Waals surface area (Å²) >= 11 is 4.93. The molecule has 88 valence electrons. The first kappa shape index (κ1) is 12.1. The number of nitrogens with one attached hydrogen (secondary N) is 1. The first-order valence-corrected chi connectivity index (χ1v) is 7.16. The summed E-state index contributed by atoms with van der Waals surface area (Å²) in [4.78, 5) is 15.1. The molecule has 0 radical (unpaired) electrons. The van der Waals surface area contributed by atoms with Crippen molar-refractivity contribution in [1.82, 2.24) is 10.2 Å². The number of hydrogen-bond acceptors (Lipinski definition) is 3. The predicted molar refractivity (Wildman–Crippen MR) is 70.0 cm³/mol. The number of halogens is 1. The molecule has 1 saturated heterocycles. The van der Waals surface area contributed by atoms with Crippen LogP contribution in [0, 0.1) is 0 Å². The molecule has 2 rings (SSSR count). The second kappa shape index (κ2) is 5.29. The lowest BCUT2D eigenvalue weighted by Gasteiger charge is -2.38. The van der Waals surface area contributed by atoms with Crippen LogP contribution < -0.4 is 5.32 Å². The van der Waals surface area contributed by atoms with E-state index in [9.17, 15) is 4.79 Å². The number of nitrogens with zero attached hydrogens (tertiary/aromatic N) is 1. The number of hydrogen-bond donors (Lipinski definition) is 1. The van der Waals surface area contributed by atoms with Crippen molar-refractivity contribution in [3.8, 4) is 0 Å².